The summed E-state index contributed by atoms with van der Waals surface area (Å²) in [6.07, 6.45) is 13.1. The molecule has 0 bridgehead atoms. The highest BCUT2D eigenvalue weighted by atomic mass is 15.1. The molecule has 3 nitrogen and oxygen atoms in total. The Morgan fingerprint density at radius 1 is 1.33 bits per heavy atom. The molecule has 18 heavy (non-hydrogen) atoms. The number of hydrogen-bond donors (Lipinski definition) is 1. The maximum Gasteiger partial charge on any atom is 0.0490 e. The number of nitrogens with zero attached hydrogens (tertiary/aromatic N) is 2. The minimum atomic E-state index is 0.667. The van der Waals surface area contributed by atoms with Gasteiger partial charge in [-0.15, -0.1) is 0 Å². The van der Waals surface area contributed by atoms with Gasteiger partial charge in [0.05, 0.1) is 0 Å². The monoisotopic (exact) mass is 245 g/mol. The van der Waals surface area contributed by atoms with Crippen molar-refractivity contribution in [2.45, 2.75) is 38.0 Å². The normalized spacial score (nSPS) is 29.6. The van der Waals surface area contributed by atoms with E-state index in [4.69, 9.17) is 0 Å². The number of likely N-dealkylation sites (tertiary alicyclic amines) is 1. The first-order valence-electron chi connectivity index (χ1n) is 7.28. The Morgan fingerprint density at radius 3 is 3.11 bits per heavy atom. The summed E-state index contributed by atoms with van der Waals surface area (Å²) >= 11 is 0. The van der Waals surface area contributed by atoms with Crippen molar-refractivity contribution in [1.82, 2.24) is 15.1 Å². The van der Waals surface area contributed by atoms with Crippen LogP contribution >= 0.6 is 0 Å². The molecule has 1 fully saturated rings. The molecule has 0 radical (unpaired) electrons. The number of nitrogens with one attached hydrogen (secondary N) is 1. The number of rotatable bonds is 3. The molecule has 0 saturated carbocycles. The summed E-state index contributed by atoms with van der Waals surface area (Å²) in [6.45, 7) is 3.78. The van der Waals surface area contributed by atoms with Gasteiger partial charge in [0.25, 0.3) is 0 Å². The van der Waals surface area contributed by atoms with Crippen LogP contribution in [0.15, 0.2) is 24.4 Å². The molecule has 0 unspecified atom stereocenters. The molecule has 2 heterocycles. The SMILES string of the molecule is C1=CC[C@@H](CN2CCC[C@H](c3ccn[nH]3)C2)CC1. The van der Waals surface area contributed by atoms with E-state index in [0.29, 0.717) is 5.92 Å². The van der Waals surface area contributed by atoms with Crippen LogP contribution in [0.3, 0.4) is 0 Å². The Morgan fingerprint density at radius 2 is 2.33 bits per heavy atom. The van der Waals surface area contributed by atoms with Gasteiger partial charge in [-0.2, -0.15) is 5.10 Å². The first-order valence-corrected chi connectivity index (χ1v) is 7.28. The third-order valence-electron chi connectivity index (χ3n) is 4.36. The van der Waals surface area contributed by atoms with E-state index >= 15 is 0 Å². The third-order valence-corrected chi connectivity index (χ3v) is 4.36. The molecule has 2 atom stereocenters. The lowest BCUT2D eigenvalue weighted by atomic mass is 9.90. The van der Waals surface area contributed by atoms with Gasteiger partial charge in [-0.1, -0.05) is 12.2 Å². The van der Waals surface area contributed by atoms with Gasteiger partial charge in [0.2, 0.25) is 0 Å². The Balaban J connectivity index is 1.55. The first kappa shape index (κ1) is 12.0. The van der Waals surface area contributed by atoms with Crippen molar-refractivity contribution in [1.29, 1.82) is 0 Å². The highest BCUT2D eigenvalue weighted by molar-refractivity contribution is 5.07. The second-order valence-electron chi connectivity index (χ2n) is 5.76. The topological polar surface area (TPSA) is 31.9 Å². The van der Waals surface area contributed by atoms with E-state index in [-0.39, 0.29) is 0 Å². The minimum Gasteiger partial charge on any atom is -0.302 e. The highest BCUT2D eigenvalue weighted by Crippen LogP contribution is 2.27. The quantitative estimate of drug-likeness (QED) is 0.830. The predicted molar refractivity (Wildman–Crippen MR) is 73.5 cm³/mol. The van der Waals surface area contributed by atoms with Crippen molar-refractivity contribution in [2.24, 2.45) is 5.92 Å². The van der Waals surface area contributed by atoms with Crippen LogP contribution in [0, 0.1) is 5.92 Å². The van der Waals surface area contributed by atoms with Crippen LogP contribution in [0.25, 0.3) is 0 Å². The van der Waals surface area contributed by atoms with E-state index in [1.807, 2.05) is 6.20 Å². The van der Waals surface area contributed by atoms with Crippen molar-refractivity contribution in [3.05, 3.63) is 30.1 Å². The van der Waals surface area contributed by atoms with Gasteiger partial charge in [0, 0.05) is 30.9 Å². The molecule has 1 aliphatic heterocycles. The summed E-state index contributed by atoms with van der Waals surface area (Å²) < 4.78 is 0. The second-order valence-corrected chi connectivity index (χ2v) is 5.76. The molecule has 0 aromatic carbocycles. The van der Waals surface area contributed by atoms with E-state index in [9.17, 15) is 0 Å². The van der Waals surface area contributed by atoms with Crippen molar-refractivity contribution < 1.29 is 0 Å². The summed E-state index contributed by atoms with van der Waals surface area (Å²) in [6, 6.07) is 2.14. The fourth-order valence-corrected chi connectivity index (χ4v) is 3.36. The van der Waals surface area contributed by atoms with Crippen LogP contribution < -0.4 is 0 Å². The number of aromatic amines is 1. The zero-order valence-corrected chi connectivity index (χ0v) is 11.0. The molecule has 1 N–H and O–H groups in total. The summed E-state index contributed by atoms with van der Waals surface area (Å²) in [5.74, 6) is 1.55. The number of allylic oxidation sites excluding steroid dienone is 2. The Labute approximate surface area is 109 Å². The van der Waals surface area contributed by atoms with Gasteiger partial charge in [0.15, 0.2) is 0 Å². The maximum absolute atomic E-state index is 4.09. The Hall–Kier alpha value is -1.09. The minimum absolute atomic E-state index is 0.667. The Kier molecular flexibility index (Phi) is 3.79. The van der Waals surface area contributed by atoms with Crippen molar-refractivity contribution in [2.75, 3.05) is 19.6 Å². The summed E-state index contributed by atoms with van der Waals surface area (Å²) in [7, 11) is 0. The average molecular weight is 245 g/mol. The van der Waals surface area contributed by atoms with Crippen molar-refractivity contribution in [3.8, 4) is 0 Å². The largest absolute Gasteiger partial charge is 0.302 e. The van der Waals surface area contributed by atoms with Crippen LogP contribution in [-0.4, -0.2) is 34.7 Å². The van der Waals surface area contributed by atoms with Crippen molar-refractivity contribution in [3.63, 3.8) is 0 Å². The van der Waals surface area contributed by atoms with E-state index < -0.39 is 0 Å². The smallest absolute Gasteiger partial charge is 0.0490 e. The average Bonchev–Trinajstić information content (AvgIpc) is 2.94. The number of piperidine rings is 1. The fraction of sp³-hybridized carbons (Fsp3) is 0.667. The molecule has 3 heteroatoms. The van der Waals surface area contributed by atoms with Gasteiger partial charge in [-0.25, -0.2) is 0 Å². The highest BCUT2D eigenvalue weighted by Gasteiger charge is 2.24. The molecular formula is C15H23N3. The van der Waals surface area contributed by atoms with Gasteiger partial charge in [0.1, 0.15) is 0 Å². The molecule has 2 aliphatic rings. The number of H-pyrrole nitrogens is 1. The molecule has 1 saturated heterocycles. The molecule has 1 aliphatic carbocycles. The first-order chi connectivity index (χ1) is 8.92. The molecule has 0 spiro atoms. The van der Waals surface area contributed by atoms with Crippen LogP contribution in [0.1, 0.15) is 43.7 Å². The lowest BCUT2D eigenvalue weighted by molar-refractivity contribution is 0.172. The van der Waals surface area contributed by atoms with Gasteiger partial charge >= 0.3 is 0 Å². The Bertz CT molecular complexity index is 382. The van der Waals surface area contributed by atoms with Gasteiger partial charge < -0.3 is 4.90 Å². The zero-order valence-electron chi connectivity index (χ0n) is 11.0. The summed E-state index contributed by atoms with van der Waals surface area (Å²) in [4.78, 5) is 2.67. The van der Waals surface area contributed by atoms with Crippen LogP contribution in [0.4, 0.5) is 0 Å². The molecule has 1 aromatic rings. The second kappa shape index (κ2) is 5.70. The van der Waals surface area contributed by atoms with Crippen LogP contribution in [0.5, 0.6) is 0 Å². The molecule has 0 amide bonds. The zero-order chi connectivity index (χ0) is 12.2. The van der Waals surface area contributed by atoms with Gasteiger partial charge in [-0.05, 0) is 50.6 Å². The lowest BCUT2D eigenvalue weighted by Gasteiger charge is -2.35. The standard InChI is InChI=1S/C15H23N3/c1-2-5-13(6-3-1)11-18-10-4-7-14(12-18)15-8-9-16-17-15/h1-2,8-9,13-14H,3-7,10-12H2,(H,16,17)/t13-,14+/m1/s1. The lowest BCUT2D eigenvalue weighted by Crippen LogP contribution is -2.38. The van der Waals surface area contributed by atoms with E-state index in [1.54, 1.807) is 0 Å². The van der Waals surface area contributed by atoms with E-state index in [1.165, 1.54) is 57.4 Å². The maximum atomic E-state index is 4.09. The fourth-order valence-electron chi connectivity index (χ4n) is 3.36. The summed E-state index contributed by atoms with van der Waals surface area (Å²) in [5, 5.41) is 7.23. The van der Waals surface area contributed by atoms with Crippen LogP contribution in [0.2, 0.25) is 0 Å². The van der Waals surface area contributed by atoms with Crippen LogP contribution in [-0.2, 0) is 0 Å². The van der Waals surface area contributed by atoms with E-state index in [0.717, 1.165) is 5.92 Å². The van der Waals surface area contributed by atoms with Crippen molar-refractivity contribution >= 4 is 0 Å². The third kappa shape index (κ3) is 2.83. The molecule has 1 aromatic heterocycles. The predicted octanol–water partition coefficient (Wildman–Crippen LogP) is 2.95. The molecule has 98 valence electrons. The molecule has 3 rings (SSSR count). The van der Waals surface area contributed by atoms with E-state index in [2.05, 4.69) is 33.3 Å². The molecular weight excluding hydrogens is 222 g/mol. The van der Waals surface area contributed by atoms with Gasteiger partial charge in [-0.3, -0.25) is 5.10 Å². The summed E-state index contributed by atoms with van der Waals surface area (Å²) in [5.41, 5.74) is 1.32. The number of hydrogen-bond acceptors (Lipinski definition) is 2. The number of aromatic nitrogens is 2.